The number of thiol groups is 1. The summed E-state index contributed by atoms with van der Waals surface area (Å²) in [7, 11) is 0. The summed E-state index contributed by atoms with van der Waals surface area (Å²) < 4.78 is 28.3. The third kappa shape index (κ3) is 6.42. The lowest BCUT2D eigenvalue weighted by Crippen LogP contribution is -2.51. The molecule has 1 amide bonds. The summed E-state index contributed by atoms with van der Waals surface area (Å²) in [6, 6.07) is 11.3. The molecule has 4 N–H and O–H groups in total. The Morgan fingerprint density at radius 2 is 1.80 bits per heavy atom. The molecule has 1 spiro atoms. The van der Waals surface area contributed by atoms with Crippen molar-refractivity contribution in [3.05, 3.63) is 70.8 Å². The lowest BCUT2D eigenvalue weighted by atomic mass is 9.75. The number of aliphatic imine (C=N–C) groups is 1. The average Bonchev–Trinajstić information content (AvgIpc) is 3.53. The van der Waals surface area contributed by atoms with Gasteiger partial charge in [-0.25, -0.2) is 14.3 Å². The van der Waals surface area contributed by atoms with Crippen LogP contribution in [0.4, 0.5) is 8.78 Å². The minimum atomic E-state index is -0.762. The molecule has 0 saturated heterocycles. The normalized spacial score (nSPS) is 23.3. The molecule has 1 fully saturated rings. The number of hydrazine groups is 2. The smallest absolute Gasteiger partial charge is 0.275 e. The number of nitrogens with zero attached hydrogens (tertiary/aromatic N) is 3. The van der Waals surface area contributed by atoms with Gasteiger partial charge in [0.1, 0.15) is 23.0 Å². The number of hydrogen-bond acceptors (Lipinski definition) is 8. The molecular formula is C30H39F2N7OS. The summed E-state index contributed by atoms with van der Waals surface area (Å²) in [5, 5.41) is 7.41. The first-order valence-corrected chi connectivity index (χ1v) is 14.8. The van der Waals surface area contributed by atoms with Crippen LogP contribution in [0.1, 0.15) is 82.0 Å². The Kier molecular flexibility index (Phi) is 8.68. The van der Waals surface area contributed by atoms with E-state index in [0.29, 0.717) is 31.8 Å². The standard InChI is InChI=1S/C30H39F2N7OS/c1-4-5-25(20-8-6-19(7-9-20)17-33-18-26-35-37-38-36-26)39-28(40)27(21-14-23(31)16-24(32)15-21)34-30(39)12-10-22(11-13-30)29(2,3)41/h6-9,14-16,22,25,33,37-38,41H,4-5,10-13,17-18H2,1-3H3,(H,35,36). The first-order chi connectivity index (χ1) is 19.6. The Hall–Kier alpha value is -3.02. The zero-order chi connectivity index (χ0) is 29.2. The zero-order valence-electron chi connectivity index (χ0n) is 23.8. The summed E-state index contributed by atoms with van der Waals surface area (Å²) in [4.78, 5) is 21.2. The molecule has 2 aromatic carbocycles. The van der Waals surface area contributed by atoms with Crippen molar-refractivity contribution in [2.45, 2.75) is 82.3 Å². The Labute approximate surface area is 245 Å². The van der Waals surface area contributed by atoms with E-state index in [9.17, 15) is 13.6 Å². The van der Waals surface area contributed by atoms with Crippen LogP contribution < -0.4 is 21.8 Å². The molecule has 3 aliphatic rings. The first kappa shape index (κ1) is 29.5. The molecule has 220 valence electrons. The molecule has 0 radical (unpaired) electrons. The van der Waals surface area contributed by atoms with E-state index >= 15 is 0 Å². The zero-order valence-corrected chi connectivity index (χ0v) is 24.7. The molecule has 1 unspecified atom stereocenters. The molecule has 2 aromatic rings. The number of benzene rings is 2. The van der Waals surface area contributed by atoms with Crippen LogP contribution in [-0.4, -0.2) is 39.3 Å². The van der Waals surface area contributed by atoms with Crippen LogP contribution in [0.2, 0.25) is 0 Å². The second-order valence-electron chi connectivity index (χ2n) is 11.8. The van der Waals surface area contributed by atoms with Crippen molar-refractivity contribution in [3.8, 4) is 0 Å². The van der Waals surface area contributed by atoms with Gasteiger partial charge < -0.3 is 10.2 Å². The van der Waals surface area contributed by atoms with Gasteiger partial charge in [-0.15, -0.1) is 10.6 Å². The van der Waals surface area contributed by atoms with E-state index in [-0.39, 0.29) is 28.0 Å². The quantitative estimate of drug-likeness (QED) is 0.261. The van der Waals surface area contributed by atoms with Crippen molar-refractivity contribution < 1.29 is 13.6 Å². The molecule has 41 heavy (non-hydrogen) atoms. The molecule has 2 aliphatic heterocycles. The number of carbonyl (C=O) groups is 1. The van der Waals surface area contributed by atoms with Gasteiger partial charge in [0.25, 0.3) is 5.91 Å². The third-order valence-electron chi connectivity index (χ3n) is 8.42. The van der Waals surface area contributed by atoms with Gasteiger partial charge in [-0.05, 0) is 61.3 Å². The van der Waals surface area contributed by atoms with E-state index in [1.54, 1.807) is 0 Å². The highest BCUT2D eigenvalue weighted by atomic mass is 32.1. The number of rotatable bonds is 10. The van der Waals surface area contributed by atoms with Gasteiger partial charge in [0.15, 0.2) is 5.84 Å². The summed E-state index contributed by atoms with van der Waals surface area (Å²) in [6.07, 6.45) is 4.70. The maximum atomic E-state index is 14.2. The van der Waals surface area contributed by atoms with Crippen molar-refractivity contribution >= 4 is 30.1 Å². The van der Waals surface area contributed by atoms with Crippen molar-refractivity contribution in [1.29, 1.82) is 0 Å². The summed E-state index contributed by atoms with van der Waals surface area (Å²) in [6.45, 7) is 7.60. The fourth-order valence-electron chi connectivity index (χ4n) is 6.27. The van der Waals surface area contributed by atoms with Crippen LogP contribution in [0.15, 0.2) is 52.6 Å². The van der Waals surface area contributed by atoms with Gasteiger partial charge in [0.2, 0.25) is 0 Å². The van der Waals surface area contributed by atoms with E-state index < -0.39 is 17.3 Å². The fraction of sp³-hybridized carbons (Fsp3) is 0.500. The maximum Gasteiger partial charge on any atom is 0.275 e. The van der Waals surface area contributed by atoms with E-state index in [2.05, 4.69) is 72.0 Å². The number of hydrazone groups is 1. The first-order valence-electron chi connectivity index (χ1n) is 14.3. The number of amidine groups is 1. The van der Waals surface area contributed by atoms with Crippen molar-refractivity contribution in [2.75, 3.05) is 6.54 Å². The van der Waals surface area contributed by atoms with Gasteiger partial charge in [-0.1, -0.05) is 51.5 Å². The highest BCUT2D eigenvalue weighted by molar-refractivity contribution is 7.81. The Morgan fingerprint density at radius 3 is 2.39 bits per heavy atom. The number of hydrogen-bond donors (Lipinski definition) is 5. The van der Waals surface area contributed by atoms with Crippen LogP contribution in [0.3, 0.4) is 0 Å². The Bertz CT molecular complexity index is 1300. The minimum absolute atomic E-state index is 0.140. The van der Waals surface area contributed by atoms with Crippen LogP contribution in [0.25, 0.3) is 0 Å². The molecule has 5 rings (SSSR count). The van der Waals surface area contributed by atoms with Gasteiger partial charge in [-0.2, -0.15) is 12.6 Å². The molecular weight excluding hydrogens is 544 g/mol. The van der Waals surface area contributed by atoms with E-state index in [4.69, 9.17) is 17.6 Å². The van der Waals surface area contributed by atoms with Gasteiger partial charge in [0, 0.05) is 22.9 Å². The van der Waals surface area contributed by atoms with Gasteiger partial charge in [0.05, 0.1) is 12.6 Å². The highest BCUT2D eigenvalue weighted by Crippen LogP contribution is 2.49. The predicted molar refractivity (Wildman–Crippen MR) is 160 cm³/mol. The maximum absolute atomic E-state index is 14.2. The number of halogens is 2. The monoisotopic (exact) mass is 583 g/mol. The summed E-state index contributed by atoms with van der Waals surface area (Å²) in [5.41, 5.74) is 9.96. The molecule has 2 heterocycles. The topological polar surface area (TPSA) is 93.2 Å². The number of nitrogens with one attached hydrogen (secondary N) is 4. The Morgan fingerprint density at radius 1 is 1.12 bits per heavy atom. The molecule has 0 aromatic heterocycles. The van der Waals surface area contributed by atoms with Crippen molar-refractivity contribution in [3.63, 3.8) is 0 Å². The molecule has 1 atom stereocenters. The second-order valence-corrected chi connectivity index (χ2v) is 12.9. The van der Waals surface area contributed by atoms with Crippen LogP contribution >= 0.6 is 12.6 Å². The third-order valence-corrected chi connectivity index (χ3v) is 8.79. The van der Waals surface area contributed by atoms with Crippen LogP contribution in [0.5, 0.6) is 0 Å². The lowest BCUT2D eigenvalue weighted by Gasteiger charge is -2.47. The van der Waals surface area contributed by atoms with E-state index in [1.807, 2.05) is 4.90 Å². The molecule has 0 bridgehead atoms. The van der Waals surface area contributed by atoms with Crippen LogP contribution in [-0.2, 0) is 11.3 Å². The minimum Gasteiger partial charge on any atom is -0.306 e. The fourth-order valence-corrected chi connectivity index (χ4v) is 6.53. The number of amides is 1. The molecule has 1 aliphatic carbocycles. The molecule has 11 heteroatoms. The SMILES string of the molecule is CCCC(c1ccc(CNCC2=NNNN2)cc1)N1C(=O)C(c2cc(F)cc(F)c2)=NC12CCC(C(C)(C)S)CC2. The van der Waals surface area contributed by atoms with Crippen molar-refractivity contribution in [2.24, 2.45) is 16.0 Å². The predicted octanol–water partition coefficient (Wildman–Crippen LogP) is 4.75. The molecule has 8 nitrogen and oxygen atoms in total. The Balaban J connectivity index is 1.44. The van der Waals surface area contributed by atoms with E-state index in [1.165, 1.54) is 12.1 Å². The number of carbonyl (C=O) groups excluding carboxylic acids is 1. The van der Waals surface area contributed by atoms with E-state index in [0.717, 1.165) is 48.7 Å². The van der Waals surface area contributed by atoms with Gasteiger partial charge in [-0.3, -0.25) is 15.2 Å². The lowest BCUT2D eigenvalue weighted by molar-refractivity contribution is -0.133. The summed E-state index contributed by atoms with van der Waals surface area (Å²) >= 11 is 4.84. The van der Waals surface area contributed by atoms with Crippen molar-refractivity contribution in [1.82, 2.24) is 26.7 Å². The van der Waals surface area contributed by atoms with Gasteiger partial charge >= 0.3 is 0 Å². The largest absolute Gasteiger partial charge is 0.306 e. The second kappa shape index (κ2) is 12.1. The van der Waals surface area contributed by atoms with Crippen LogP contribution in [0, 0.1) is 17.6 Å². The molecule has 1 saturated carbocycles. The summed E-state index contributed by atoms with van der Waals surface area (Å²) in [5.74, 6) is -0.558. The highest BCUT2D eigenvalue weighted by Gasteiger charge is 2.52. The average molecular weight is 584 g/mol.